The van der Waals surface area contributed by atoms with Gasteiger partial charge >= 0.3 is 0 Å². The van der Waals surface area contributed by atoms with Crippen LogP contribution in [0.1, 0.15) is 24.8 Å². The first-order valence-electron chi connectivity index (χ1n) is 8.17. The zero-order valence-electron chi connectivity index (χ0n) is 13.8. The van der Waals surface area contributed by atoms with Gasteiger partial charge in [0.2, 0.25) is 5.91 Å². The average molecular weight is 321 g/mol. The molecule has 1 amide bonds. The summed E-state index contributed by atoms with van der Waals surface area (Å²) >= 11 is 0. The topological polar surface area (TPSA) is 38.8 Å². The number of methoxy groups -OCH3 is 2. The molecule has 1 saturated carbocycles. The predicted molar refractivity (Wildman–Crippen MR) is 84.9 cm³/mol. The molecule has 4 nitrogen and oxygen atoms in total. The van der Waals surface area contributed by atoms with Crippen molar-refractivity contribution >= 4 is 5.91 Å². The second-order valence-corrected chi connectivity index (χ2v) is 6.79. The van der Waals surface area contributed by atoms with Crippen LogP contribution in [-0.4, -0.2) is 44.7 Å². The highest BCUT2D eigenvalue weighted by Gasteiger charge is 2.50. The molecule has 23 heavy (non-hydrogen) atoms. The summed E-state index contributed by atoms with van der Waals surface area (Å²) in [4.78, 5) is 14.6. The summed E-state index contributed by atoms with van der Waals surface area (Å²) in [6.07, 6.45) is 3.78. The molecule has 1 aromatic carbocycles. The van der Waals surface area contributed by atoms with Crippen LogP contribution in [0.2, 0.25) is 0 Å². The molecule has 1 aliphatic heterocycles. The third-order valence-electron chi connectivity index (χ3n) is 5.42. The van der Waals surface area contributed by atoms with Crippen molar-refractivity contribution < 1.29 is 18.7 Å². The summed E-state index contributed by atoms with van der Waals surface area (Å²) in [5, 5.41) is 0. The highest BCUT2D eigenvalue weighted by Crippen LogP contribution is 2.48. The lowest BCUT2D eigenvalue weighted by atomic mass is 9.82. The fourth-order valence-corrected chi connectivity index (χ4v) is 4.27. The van der Waals surface area contributed by atoms with E-state index < -0.39 is 0 Å². The molecule has 1 heterocycles. The Morgan fingerprint density at radius 2 is 2.26 bits per heavy atom. The summed E-state index contributed by atoms with van der Waals surface area (Å²) in [5.74, 6) is 0.707. The molecule has 1 aromatic rings. The van der Waals surface area contributed by atoms with Gasteiger partial charge in [-0.25, -0.2) is 4.39 Å². The number of ether oxygens (including phenoxy) is 2. The van der Waals surface area contributed by atoms with Crippen LogP contribution in [0.4, 0.5) is 4.39 Å². The minimum atomic E-state index is -0.354. The van der Waals surface area contributed by atoms with Gasteiger partial charge in [-0.3, -0.25) is 4.79 Å². The Morgan fingerprint density at radius 3 is 3.00 bits per heavy atom. The lowest BCUT2D eigenvalue weighted by molar-refractivity contribution is -0.130. The summed E-state index contributed by atoms with van der Waals surface area (Å²) in [6.45, 7) is 2.31. The van der Waals surface area contributed by atoms with E-state index in [9.17, 15) is 9.18 Å². The average Bonchev–Trinajstić information content (AvgIpc) is 3.06. The maximum absolute atomic E-state index is 13.3. The highest BCUT2D eigenvalue weighted by atomic mass is 19.1. The van der Waals surface area contributed by atoms with Crippen LogP contribution in [0, 0.1) is 17.2 Å². The number of carbonyl (C=O) groups is 1. The molecule has 2 atom stereocenters. The molecule has 1 saturated heterocycles. The number of nitrogens with zero attached hydrogens (tertiary/aromatic N) is 1. The first kappa shape index (κ1) is 16.2. The van der Waals surface area contributed by atoms with E-state index in [1.54, 1.807) is 13.2 Å². The lowest BCUT2D eigenvalue weighted by Crippen LogP contribution is -2.35. The molecule has 0 unspecified atom stereocenters. The SMILES string of the molecule is COC[C@@]12CCC[C@@H]1CN(C(=O)Cc1ccc(F)cc1OC)C2. The highest BCUT2D eigenvalue weighted by molar-refractivity contribution is 5.80. The second kappa shape index (κ2) is 6.48. The Labute approximate surface area is 136 Å². The van der Waals surface area contributed by atoms with E-state index in [0.717, 1.165) is 31.7 Å². The quantitative estimate of drug-likeness (QED) is 0.837. The number of hydrogen-bond acceptors (Lipinski definition) is 3. The molecule has 5 heteroatoms. The summed E-state index contributed by atoms with van der Waals surface area (Å²) < 4.78 is 23.9. The van der Waals surface area contributed by atoms with Gasteiger partial charge in [-0.05, 0) is 24.8 Å². The Balaban J connectivity index is 1.70. The van der Waals surface area contributed by atoms with Gasteiger partial charge in [-0.15, -0.1) is 0 Å². The van der Waals surface area contributed by atoms with Gasteiger partial charge in [0.1, 0.15) is 11.6 Å². The molecule has 0 aromatic heterocycles. The van der Waals surface area contributed by atoms with Gasteiger partial charge in [0.15, 0.2) is 0 Å². The van der Waals surface area contributed by atoms with E-state index in [1.807, 2.05) is 4.90 Å². The maximum Gasteiger partial charge on any atom is 0.227 e. The molecule has 0 bridgehead atoms. The second-order valence-electron chi connectivity index (χ2n) is 6.79. The zero-order chi connectivity index (χ0) is 16.4. The van der Waals surface area contributed by atoms with Crippen molar-refractivity contribution in [3.63, 3.8) is 0 Å². The van der Waals surface area contributed by atoms with Crippen molar-refractivity contribution in [2.75, 3.05) is 33.9 Å². The van der Waals surface area contributed by atoms with Gasteiger partial charge in [0.05, 0.1) is 20.1 Å². The van der Waals surface area contributed by atoms with Gasteiger partial charge in [0, 0.05) is 37.2 Å². The number of fused-ring (bicyclic) bond motifs is 1. The molecule has 2 aliphatic rings. The van der Waals surface area contributed by atoms with Gasteiger partial charge in [-0.1, -0.05) is 12.5 Å². The van der Waals surface area contributed by atoms with Crippen molar-refractivity contribution in [2.24, 2.45) is 11.3 Å². The third kappa shape index (κ3) is 3.07. The van der Waals surface area contributed by atoms with E-state index >= 15 is 0 Å². The lowest BCUT2D eigenvalue weighted by Gasteiger charge is -2.27. The molecule has 0 N–H and O–H groups in total. The van der Waals surface area contributed by atoms with E-state index in [4.69, 9.17) is 9.47 Å². The van der Waals surface area contributed by atoms with E-state index in [1.165, 1.54) is 32.1 Å². The van der Waals surface area contributed by atoms with Crippen LogP contribution in [-0.2, 0) is 16.0 Å². The van der Waals surface area contributed by atoms with E-state index in [0.29, 0.717) is 11.7 Å². The van der Waals surface area contributed by atoms with Crippen LogP contribution in [0.5, 0.6) is 5.75 Å². The van der Waals surface area contributed by atoms with Crippen molar-refractivity contribution in [3.8, 4) is 5.75 Å². The smallest absolute Gasteiger partial charge is 0.227 e. The Hall–Kier alpha value is -1.62. The van der Waals surface area contributed by atoms with Crippen LogP contribution in [0.25, 0.3) is 0 Å². The largest absolute Gasteiger partial charge is 0.496 e. The molecular formula is C18H24FNO3. The fraction of sp³-hybridized carbons (Fsp3) is 0.611. The van der Waals surface area contributed by atoms with Crippen molar-refractivity contribution in [2.45, 2.75) is 25.7 Å². The van der Waals surface area contributed by atoms with E-state index in [2.05, 4.69) is 0 Å². The molecule has 0 spiro atoms. The summed E-state index contributed by atoms with van der Waals surface area (Å²) in [5.41, 5.74) is 0.869. The number of rotatable bonds is 5. The Kier molecular flexibility index (Phi) is 4.57. The maximum atomic E-state index is 13.3. The zero-order valence-corrected chi connectivity index (χ0v) is 13.8. The third-order valence-corrected chi connectivity index (χ3v) is 5.42. The Morgan fingerprint density at radius 1 is 1.43 bits per heavy atom. The number of benzene rings is 1. The minimum absolute atomic E-state index is 0.0831. The summed E-state index contributed by atoms with van der Waals surface area (Å²) in [7, 11) is 3.23. The normalized spacial score (nSPS) is 26.4. The van der Waals surface area contributed by atoms with Gasteiger partial charge in [-0.2, -0.15) is 0 Å². The van der Waals surface area contributed by atoms with Crippen LogP contribution < -0.4 is 4.74 Å². The molecule has 0 radical (unpaired) electrons. The van der Waals surface area contributed by atoms with Crippen LogP contribution >= 0.6 is 0 Å². The van der Waals surface area contributed by atoms with Crippen molar-refractivity contribution in [1.29, 1.82) is 0 Å². The first-order chi connectivity index (χ1) is 11.1. The fourth-order valence-electron chi connectivity index (χ4n) is 4.27. The van der Waals surface area contributed by atoms with Crippen molar-refractivity contribution in [1.82, 2.24) is 4.90 Å². The number of hydrogen-bond donors (Lipinski definition) is 0. The Bertz CT molecular complexity index is 592. The molecular weight excluding hydrogens is 297 g/mol. The molecule has 2 fully saturated rings. The predicted octanol–water partition coefficient (Wildman–Crippen LogP) is 2.65. The minimum Gasteiger partial charge on any atom is -0.496 e. The molecule has 126 valence electrons. The van der Waals surface area contributed by atoms with Crippen LogP contribution in [0.3, 0.4) is 0 Å². The first-order valence-corrected chi connectivity index (χ1v) is 8.17. The molecule has 3 rings (SSSR count). The van der Waals surface area contributed by atoms with E-state index in [-0.39, 0.29) is 23.6 Å². The van der Waals surface area contributed by atoms with Gasteiger partial charge < -0.3 is 14.4 Å². The number of likely N-dealkylation sites (tertiary alicyclic amines) is 1. The molecule has 1 aliphatic carbocycles. The van der Waals surface area contributed by atoms with Gasteiger partial charge in [0.25, 0.3) is 0 Å². The number of amides is 1. The number of halogens is 1. The number of carbonyl (C=O) groups excluding carboxylic acids is 1. The summed E-state index contributed by atoms with van der Waals surface area (Å²) in [6, 6.07) is 4.33. The van der Waals surface area contributed by atoms with Crippen molar-refractivity contribution in [3.05, 3.63) is 29.6 Å². The van der Waals surface area contributed by atoms with Crippen LogP contribution in [0.15, 0.2) is 18.2 Å². The monoisotopic (exact) mass is 321 g/mol. The standard InChI is InChI=1S/C18H24FNO3/c1-22-12-18-7-3-4-14(18)10-20(11-18)17(21)8-13-5-6-15(19)9-16(13)23-2/h5-6,9,14H,3-4,7-8,10-12H2,1-2H3/t14-,18+/m1/s1.